The number of nitro benzene ring substituents is 1. The second kappa shape index (κ2) is 5.43. The number of rotatable bonds is 3. The second-order valence-electron chi connectivity index (χ2n) is 5.58. The Morgan fingerprint density at radius 3 is 2.52 bits per heavy atom. The molecular formula is C14H15FN4O2. The number of halogens is 1. The molecule has 1 N–H and O–H groups in total. The molecule has 0 saturated heterocycles. The summed E-state index contributed by atoms with van der Waals surface area (Å²) in [7, 11) is 0. The van der Waals surface area contributed by atoms with Crippen LogP contribution < -0.4 is 5.32 Å². The van der Waals surface area contributed by atoms with Crippen molar-refractivity contribution in [2.75, 3.05) is 5.32 Å². The van der Waals surface area contributed by atoms with Crippen LogP contribution >= 0.6 is 0 Å². The van der Waals surface area contributed by atoms with Crippen molar-refractivity contribution in [1.82, 2.24) is 9.97 Å². The number of anilines is 2. The second-order valence-corrected chi connectivity index (χ2v) is 5.58. The zero-order valence-corrected chi connectivity index (χ0v) is 11.9. The van der Waals surface area contributed by atoms with Gasteiger partial charge in [-0.2, -0.15) is 4.39 Å². The van der Waals surface area contributed by atoms with Crippen LogP contribution in [0, 0.1) is 15.9 Å². The Morgan fingerprint density at radius 1 is 1.29 bits per heavy atom. The van der Waals surface area contributed by atoms with Gasteiger partial charge in [0, 0.05) is 12.4 Å². The van der Waals surface area contributed by atoms with E-state index in [1.165, 1.54) is 24.7 Å². The van der Waals surface area contributed by atoms with Gasteiger partial charge in [0.2, 0.25) is 5.82 Å². The van der Waals surface area contributed by atoms with Gasteiger partial charge < -0.3 is 5.32 Å². The summed E-state index contributed by atoms with van der Waals surface area (Å²) in [6.07, 6.45) is 4.33. The third-order valence-electron chi connectivity index (χ3n) is 2.94. The van der Waals surface area contributed by atoms with Crippen LogP contribution in [0.4, 0.5) is 21.6 Å². The summed E-state index contributed by atoms with van der Waals surface area (Å²) >= 11 is 0. The molecule has 6 nitrogen and oxygen atoms in total. The maximum atomic E-state index is 14.1. The third kappa shape index (κ3) is 3.31. The number of nitro groups is 1. The Bertz CT molecular complexity index is 669. The Labute approximate surface area is 121 Å². The zero-order valence-electron chi connectivity index (χ0n) is 11.9. The van der Waals surface area contributed by atoms with Gasteiger partial charge in [-0.25, -0.2) is 4.98 Å². The number of nitrogens with zero attached hydrogens (tertiary/aromatic N) is 3. The van der Waals surface area contributed by atoms with E-state index in [9.17, 15) is 14.5 Å². The number of hydrogen-bond donors (Lipinski definition) is 1. The largest absolute Gasteiger partial charge is 0.333 e. The normalized spacial score (nSPS) is 11.2. The topological polar surface area (TPSA) is 81.0 Å². The van der Waals surface area contributed by atoms with Gasteiger partial charge >= 0.3 is 5.69 Å². The molecule has 110 valence electrons. The van der Waals surface area contributed by atoms with E-state index in [1.54, 1.807) is 6.07 Å². The summed E-state index contributed by atoms with van der Waals surface area (Å²) in [5, 5.41) is 13.8. The average Bonchev–Trinajstić information content (AvgIpc) is 2.37. The molecule has 0 spiro atoms. The number of aromatic nitrogens is 2. The highest BCUT2D eigenvalue weighted by molar-refractivity contribution is 5.69. The quantitative estimate of drug-likeness (QED) is 0.690. The highest BCUT2D eigenvalue weighted by Gasteiger charge is 2.25. The first-order chi connectivity index (χ1) is 9.79. The minimum atomic E-state index is -0.876. The lowest BCUT2D eigenvalue weighted by Crippen LogP contribution is -2.13. The van der Waals surface area contributed by atoms with Gasteiger partial charge in [0.05, 0.1) is 11.1 Å². The average molecular weight is 290 g/mol. The fourth-order valence-corrected chi connectivity index (χ4v) is 1.81. The van der Waals surface area contributed by atoms with Crippen LogP contribution in [0.3, 0.4) is 0 Å². The Balaban J connectivity index is 2.55. The first-order valence-corrected chi connectivity index (χ1v) is 6.30. The van der Waals surface area contributed by atoms with Crippen LogP contribution in [0.2, 0.25) is 0 Å². The SMILES string of the molecule is CC(C)(C)c1cc(F)c([N+](=O)[O-])c(Nc2cnccn2)c1. The van der Waals surface area contributed by atoms with E-state index in [1.807, 2.05) is 20.8 Å². The van der Waals surface area contributed by atoms with Gasteiger partial charge in [-0.15, -0.1) is 0 Å². The van der Waals surface area contributed by atoms with Crippen molar-refractivity contribution in [3.05, 3.63) is 52.2 Å². The monoisotopic (exact) mass is 290 g/mol. The molecule has 0 saturated carbocycles. The molecule has 0 fully saturated rings. The van der Waals surface area contributed by atoms with Crippen LogP contribution in [0.25, 0.3) is 0 Å². The smallest absolute Gasteiger partial charge is 0.328 e. The van der Waals surface area contributed by atoms with E-state index < -0.39 is 16.4 Å². The van der Waals surface area contributed by atoms with Gasteiger partial charge in [0.15, 0.2) is 0 Å². The fraction of sp³-hybridized carbons (Fsp3) is 0.286. The summed E-state index contributed by atoms with van der Waals surface area (Å²) in [6.45, 7) is 5.71. The Morgan fingerprint density at radius 2 is 2.00 bits per heavy atom. The first-order valence-electron chi connectivity index (χ1n) is 6.30. The molecule has 0 radical (unpaired) electrons. The summed E-state index contributed by atoms with van der Waals surface area (Å²) in [4.78, 5) is 18.2. The Kier molecular flexibility index (Phi) is 3.84. The van der Waals surface area contributed by atoms with Crippen molar-refractivity contribution in [3.63, 3.8) is 0 Å². The molecule has 21 heavy (non-hydrogen) atoms. The summed E-state index contributed by atoms with van der Waals surface area (Å²) in [6, 6.07) is 2.76. The van der Waals surface area contributed by atoms with E-state index in [0.29, 0.717) is 11.4 Å². The molecular weight excluding hydrogens is 275 g/mol. The maximum absolute atomic E-state index is 14.1. The standard InChI is InChI=1S/C14H15FN4O2/c1-14(2,3)9-6-10(15)13(19(20)21)11(7-9)18-12-8-16-4-5-17-12/h4-8H,1-3H3,(H,17,18). The van der Waals surface area contributed by atoms with E-state index in [-0.39, 0.29) is 11.1 Å². The zero-order chi connectivity index (χ0) is 15.6. The van der Waals surface area contributed by atoms with Gasteiger partial charge in [0.25, 0.3) is 0 Å². The van der Waals surface area contributed by atoms with Crippen molar-refractivity contribution in [2.45, 2.75) is 26.2 Å². The molecule has 0 amide bonds. The molecule has 1 aromatic carbocycles. The van der Waals surface area contributed by atoms with Gasteiger partial charge in [-0.3, -0.25) is 15.1 Å². The number of benzene rings is 1. The minimum absolute atomic E-state index is 0.0606. The fourth-order valence-electron chi connectivity index (χ4n) is 1.81. The molecule has 2 aromatic rings. The lowest BCUT2D eigenvalue weighted by Gasteiger charge is -2.20. The molecule has 0 atom stereocenters. The van der Waals surface area contributed by atoms with Crippen LogP contribution in [0.15, 0.2) is 30.7 Å². The Hall–Kier alpha value is -2.57. The predicted octanol–water partition coefficient (Wildman–Crippen LogP) is 3.57. The molecule has 7 heteroatoms. The number of hydrogen-bond acceptors (Lipinski definition) is 5. The van der Waals surface area contributed by atoms with Crippen molar-refractivity contribution < 1.29 is 9.31 Å². The highest BCUT2D eigenvalue weighted by Crippen LogP contribution is 2.35. The minimum Gasteiger partial charge on any atom is -0.333 e. The van der Waals surface area contributed by atoms with Gasteiger partial charge in [0.1, 0.15) is 11.5 Å². The first kappa shape index (κ1) is 14.8. The van der Waals surface area contributed by atoms with E-state index in [0.717, 1.165) is 0 Å². The molecule has 1 aromatic heterocycles. The highest BCUT2D eigenvalue weighted by atomic mass is 19.1. The van der Waals surface area contributed by atoms with Crippen molar-refractivity contribution >= 4 is 17.2 Å². The molecule has 0 aliphatic rings. The van der Waals surface area contributed by atoms with E-state index >= 15 is 0 Å². The lowest BCUT2D eigenvalue weighted by atomic mass is 9.86. The van der Waals surface area contributed by atoms with E-state index in [4.69, 9.17) is 0 Å². The molecule has 0 aliphatic carbocycles. The van der Waals surface area contributed by atoms with Crippen LogP contribution in [-0.2, 0) is 5.41 Å². The molecule has 0 aliphatic heterocycles. The predicted molar refractivity (Wildman–Crippen MR) is 77.1 cm³/mol. The van der Waals surface area contributed by atoms with Crippen molar-refractivity contribution in [2.24, 2.45) is 0 Å². The lowest BCUT2D eigenvalue weighted by molar-refractivity contribution is -0.386. The van der Waals surface area contributed by atoms with Crippen LogP contribution in [0.1, 0.15) is 26.3 Å². The van der Waals surface area contributed by atoms with E-state index in [2.05, 4.69) is 15.3 Å². The van der Waals surface area contributed by atoms with Gasteiger partial charge in [-0.1, -0.05) is 20.8 Å². The third-order valence-corrected chi connectivity index (χ3v) is 2.94. The summed E-state index contributed by atoms with van der Waals surface area (Å²) < 4.78 is 14.1. The molecule has 1 heterocycles. The summed E-state index contributed by atoms with van der Waals surface area (Å²) in [5.74, 6) is -0.565. The molecule has 2 rings (SSSR count). The maximum Gasteiger partial charge on any atom is 0.328 e. The molecule has 0 bridgehead atoms. The van der Waals surface area contributed by atoms with Crippen LogP contribution in [-0.4, -0.2) is 14.9 Å². The van der Waals surface area contributed by atoms with Crippen molar-refractivity contribution in [3.8, 4) is 0 Å². The summed E-state index contributed by atoms with van der Waals surface area (Å²) in [5.41, 5.74) is -0.231. The van der Waals surface area contributed by atoms with Crippen LogP contribution in [0.5, 0.6) is 0 Å². The number of nitrogens with one attached hydrogen (secondary N) is 1. The van der Waals surface area contributed by atoms with Gasteiger partial charge in [-0.05, 0) is 23.1 Å². The molecule has 0 unspecified atom stereocenters. The van der Waals surface area contributed by atoms with Crippen molar-refractivity contribution in [1.29, 1.82) is 0 Å².